The molecule has 12 heavy (non-hydrogen) atoms. The van der Waals surface area contributed by atoms with E-state index in [0.29, 0.717) is 11.7 Å². The molecule has 0 aliphatic carbocycles. The summed E-state index contributed by atoms with van der Waals surface area (Å²) < 4.78 is 1.90. The minimum atomic E-state index is -0.0313. The zero-order valence-corrected chi connectivity index (χ0v) is 7.56. The van der Waals surface area contributed by atoms with Crippen LogP contribution in [0.5, 0.6) is 0 Å². The van der Waals surface area contributed by atoms with Gasteiger partial charge < -0.3 is 9.67 Å². The first-order chi connectivity index (χ1) is 5.77. The minimum Gasteiger partial charge on any atom is -0.388 e. The number of rotatable bonds is 4. The summed E-state index contributed by atoms with van der Waals surface area (Å²) in [7, 11) is 0. The quantitative estimate of drug-likeness (QED) is 0.725. The average molecular weight is 169 g/mol. The Morgan fingerprint density at radius 2 is 2.42 bits per heavy atom. The van der Waals surface area contributed by atoms with Gasteiger partial charge in [-0.15, -0.1) is 10.2 Å². The van der Waals surface area contributed by atoms with Crippen molar-refractivity contribution in [1.82, 2.24) is 14.8 Å². The molecule has 0 spiro atoms. The van der Waals surface area contributed by atoms with E-state index >= 15 is 0 Å². The highest BCUT2D eigenvalue weighted by Gasteiger charge is 2.05. The molecule has 1 atom stereocenters. The van der Waals surface area contributed by atoms with E-state index in [2.05, 4.69) is 24.0 Å². The summed E-state index contributed by atoms with van der Waals surface area (Å²) in [5.74, 6) is 1.25. The van der Waals surface area contributed by atoms with Gasteiger partial charge in [0.25, 0.3) is 0 Å². The van der Waals surface area contributed by atoms with Crippen LogP contribution >= 0.6 is 0 Å². The molecule has 4 nitrogen and oxygen atoms in total. The molecule has 1 unspecified atom stereocenters. The Kier molecular flexibility index (Phi) is 3.22. The lowest BCUT2D eigenvalue weighted by Gasteiger charge is -2.09. The van der Waals surface area contributed by atoms with Crippen molar-refractivity contribution >= 4 is 0 Å². The Morgan fingerprint density at radius 1 is 1.67 bits per heavy atom. The van der Waals surface area contributed by atoms with Crippen LogP contribution in [0.3, 0.4) is 0 Å². The molecule has 4 heteroatoms. The fraction of sp³-hybridized carbons (Fsp3) is 0.750. The first-order valence-electron chi connectivity index (χ1n) is 4.25. The maximum Gasteiger partial charge on any atom is 0.158 e. The summed E-state index contributed by atoms with van der Waals surface area (Å²) in [4.78, 5) is 0. The van der Waals surface area contributed by atoms with Gasteiger partial charge in [0.05, 0.1) is 0 Å². The third-order valence-corrected chi connectivity index (χ3v) is 2.04. The maximum atomic E-state index is 8.87. The summed E-state index contributed by atoms with van der Waals surface area (Å²) in [6, 6.07) is 0. The van der Waals surface area contributed by atoms with Gasteiger partial charge in [-0.25, -0.2) is 0 Å². The molecule has 1 rings (SSSR count). The van der Waals surface area contributed by atoms with E-state index in [9.17, 15) is 0 Å². The van der Waals surface area contributed by atoms with Crippen molar-refractivity contribution in [3.05, 3.63) is 12.2 Å². The maximum absolute atomic E-state index is 8.87. The number of hydrogen-bond donors (Lipinski definition) is 1. The van der Waals surface area contributed by atoms with Gasteiger partial charge in [0.2, 0.25) is 0 Å². The van der Waals surface area contributed by atoms with Crippen LogP contribution in [0.25, 0.3) is 0 Å². The van der Waals surface area contributed by atoms with E-state index in [4.69, 9.17) is 5.11 Å². The standard InChI is InChI=1S/C8H15N3O/c1-3-7(2)4-11-6-9-10-8(11)5-12/h6-7,12H,3-5H2,1-2H3. The fourth-order valence-electron chi connectivity index (χ4n) is 1.02. The van der Waals surface area contributed by atoms with Gasteiger partial charge in [-0.05, 0) is 5.92 Å². The predicted molar refractivity (Wildman–Crippen MR) is 45.4 cm³/mol. The average Bonchev–Trinajstić information content (AvgIpc) is 2.51. The first-order valence-corrected chi connectivity index (χ1v) is 4.25. The lowest BCUT2D eigenvalue weighted by atomic mass is 10.1. The number of aliphatic hydroxyl groups is 1. The number of nitrogens with zero attached hydrogens (tertiary/aromatic N) is 3. The van der Waals surface area contributed by atoms with Gasteiger partial charge >= 0.3 is 0 Å². The molecule has 1 heterocycles. The van der Waals surface area contributed by atoms with Gasteiger partial charge in [0.15, 0.2) is 5.82 Å². The van der Waals surface area contributed by atoms with Crippen molar-refractivity contribution in [2.24, 2.45) is 5.92 Å². The highest BCUT2D eigenvalue weighted by molar-refractivity contribution is 4.82. The number of hydrogen-bond acceptors (Lipinski definition) is 3. The van der Waals surface area contributed by atoms with Gasteiger partial charge in [-0.2, -0.15) is 0 Å². The Labute approximate surface area is 72.2 Å². The highest BCUT2D eigenvalue weighted by Crippen LogP contribution is 2.06. The molecule has 0 amide bonds. The molecule has 0 radical (unpaired) electrons. The Hall–Kier alpha value is -0.900. The van der Waals surface area contributed by atoms with Crippen LogP contribution in [0.2, 0.25) is 0 Å². The summed E-state index contributed by atoms with van der Waals surface area (Å²) in [5, 5.41) is 16.4. The third kappa shape index (κ3) is 2.04. The molecule has 1 aromatic heterocycles. The molecular formula is C8H15N3O. The monoisotopic (exact) mass is 169 g/mol. The topological polar surface area (TPSA) is 50.9 Å². The predicted octanol–water partition coefficient (Wildman–Crippen LogP) is 0.817. The van der Waals surface area contributed by atoms with Crippen molar-refractivity contribution in [1.29, 1.82) is 0 Å². The molecule has 0 saturated carbocycles. The van der Waals surface area contributed by atoms with E-state index in [1.54, 1.807) is 6.33 Å². The van der Waals surface area contributed by atoms with Crippen LogP contribution in [0.15, 0.2) is 6.33 Å². The second-order valence-corrected chi connectivity index (χ2v) is 3.07. The largest absolute Gasteiger partial charge is 0.388 e. The Morgan fingerprint density at radius 3 is 3.00 bits per heavy atom. The molecule has 0 fully saturated rings. The summed E-state index contributed by atoms with van der Waals surface area (Å²) in [6.07, 6.45) is 2.79. The number of aromatic nitrogens is 3. The van der Waals surface area contributed by atoms with E-state index in [0.717, 1.165) is 13.0 Å². The van der Waals surface area contributed by atoms with Crippen LogP contribution < -0.4 is 0 Å². The van der Waals surface area contributed by atoms with Crippen LogP contribution in [0.1, 0.15) is 26.1 Å². The molecule has 0 aliphatic heterocycles. The molecule has 1 N–H and O–H groups in total. The van der Waals surface area contributed by atoms with Crippen LogP contribution in [-0.4, -0.2) is 19.9 Å². The summed E-state index contributed by atoms with van der Waals surface area (Å²) in [6.45, 7) is 5.17. The van der Waals surface area contributed by atoms with Crippen LogP contribution in [0.4, 0.5) is 0 Å². The third-order valence-electron chi connectivity index (χ3n) is 2.04. The van der Waals surface area contributed by atoms with Gasteiger partial charge in [0, 0.05) is 6.54 Å². The fourth-order valence-corrected chi connectivity index (χ4v) is 1.02. The smallest absolute Gasteiger partial charge is 0.158 e. The normalized spacial score (nSPS) is 13.2. The Bertz CT molecular complexity index is 234. The van der Waals surface area contributed by atoms with Crippen molar-refractivity contribution in [3.8, 4) is 0 Å². The van der Waals surface area contributed by atoms with Crippen molar-refractivity contribution in [3.63, 3.8) is 0 Å². The molecule has 0 aromatic carbocycles. The molecule has 68 valence electrons. The highest BCUT2D eigenvalue weighted by atomic mass is 16.3. The SMILES string of the molecule is CCC(C)Cn1cnnc1CO. The lowest BCUT2D eigenvalue weighted by Crippen LogP contribution is -2.09. The zero-order chi connectivity index (χ0) is 8.97. The molecule has 1 aromatic rings. The molecule has 0 bridgehead atoms. The molecule has 0 saturated heterocycles. The molecule has 0 aliphatic rings. The van der Waals surface area contributed by atoms with Crippen molar-refractivity contribution in [2.75, 3.05) is 0 Å². The van der Waals surface area contributed by atoms with Gasteiger partial charge in [-0.1, -0.05) is 20.3 Å². The van der Waals surface area contributed by atoms with Gasteiger partial charge in [-0.3, -0.25) is 0 Å². The second-order valence-electron chi connectivity index (χ2n) is 3.07. The van der Waals surface area contributed by atoms with Crippen molar-refractivity contribution < 1.29 is 5.11 Å². The first kappa shape index (κ1) is 9.19. The summed E-state index contributed by atoms with van der Waals surface area (Å²) >= 11 is 0. The van der Waals surface area contributed by atoms with Gasteiger partial charge in [0.1, 0.15) is 12.9 Å². The van der Waals surface area contributed by atoms with E-state index in [-0.39, 0.29) is 6.61 Å². The lowest BCUT2D eigenvalue weighted by molar-refractivity contribution is 0.261. The van der Waals surface area contributed by atoms with E-state index < -0.39 is 0 Å². The molecular weight excluding hydrogens is 154 g/mol. The Balaban J connectivity index is 2.61. The zero-order valence-electron chi connectivity index (χ0n) is 7.56. The van der Waals surface area contributed by atoms with E-state index in [1.807, 2.05) is 4.57 Å². The van der Waals surface area contributed by atoms with Crippen LogP contribution in [0, 0.1) is 5.92 Å². The van der Waals surface area contributed by atoms with Crippen LogP contribution in [-0.2, 0) is 13.2 Å². The number of aliphatic hydroxyl groups excluding tert-OH is 1. The minimum absolute atomic E-state index is 0.0313. The second kappa shape index (κ2) is 4.21. The van der Waals surface area contributed by atoms with E-state index in [1.165, 1.54) is 0 Å². The summed E-state index contributed by atoms with van der Waals surface area (Å²) in [5.41, 5.74) is 0. The van der Waals surface area contributed by atoms with Crippen molar-refractivity contribution in [2.45, 2.75) is 33.4 Å².